The summed E-state index contributed by atoms with van der Waals surface area (Å²) < 4.78 is 8.72. The number of nitrogens with zero attached hydrogens (tertiary/aromatic N) is 3. The van der Waals surface area contributed by atoms with Crippen LogP contribution in [0.15, 0.2) is 38.1 Å². The first-order chi connectivity index (χ1) is 9.13. The first kappa shape index (κ1) is 12.9. The standard InChI is InChI=1S/C12H11Br2N3O2/c13-8-5-15-17(6-8)9-3-4-16(7-9)12(18)10-1-2-11(14)19-10/h1-2,5-6,9H,3-4,7H2. The van der Waals surface area contributed by atoms with Gasteiger partial charge in [-0.3, -0.25) is 9.48 Å². The molecule has 1 saturated heterocycles. The zero-order chi connectivity index (χ0) is 13.4. The number of amides is 1. The van der Waals surface area contributed by atoms with Crippen molar-refractivity contribution in [2.45, 2.75) is 12.5 Å². The molecule has 1 aliphatic rings. The van der Waals surface area contributed by atoms with Crippen molar-refractivity contribution in [3.63, 3.8) is 0 Å². The van der Waals surface area contributed by atoms with Crippen LogP contribution in [0, 0.1) is 0 Å². The van der Waals surface area contributed by atoms with E-state index in [0.29, 0.717) is 17.0 Å². The Labute approximate surface area is 126 Å². The average molecular weight is 389 g/mol. The molecule has 0 bridgehead atoms. The third-order valence-electron chi connectivity index (χ3n) is 3.18. The van der Waals surface area contributed by atoms with Gasteiger partial charge in [0.25, 0.3) is 5.91 Å². The highest BCUT2D eigenvalue weighted by Crippen LogP contribution is 2.25. The number of carbonyl (C=O) groups is 1. The summed E-state index contributed by atoms with van der Waals surface area (Å²) in [6.45, 7) is 1.38. The van der Waals surface area contributed by atoms with Gasteiger partial charge in [-0.25, -0.2) is 0 Å². The quantitative estimate of drug-likeness (QED) is 0.794. The van der Waals surface area contributed by atoms with Crippen LogP contribution in [-0.2, 0) is 0 Å². The van der Waals surface area contributed by atoms with Gasteiger partial charge in [0.1, 0.15) is 0 Å². The SMILES string of the molecule is O=C(c1ccc(Br)o1)N1CCC(n2cc(Br)cn2)C1. The van der Waals surface area contributed by atoms with Crippen molar-refractivity contribution >= 4 is 37.8 Å². The van der Waals surface area contributed by atoms with Gasteiger partial charge in [0.2, 0.25) is 0 Å². The summed E-state index contributed by atoms with van der Waals surface area (Å²) >= 11 is 6.58. The number of furan rings is 1. The van der Waals surface area contributed by atoms with Crippen LogP contribution in [0.5, 0.6) is 0 Å². The van der Waals surface area contributed by atoms with Gasteiger partial charge in [-0.2, -0.15) is 5.10 Å². The van der Waals surface area contributed by atoms with Crippen LogP contribution in [0.3, 0.4) is 0 Å². The van der Waals surface area contributed by atoms with E-state index in [1.807, 2.05) is 10.9 Å². The lowest BCUT2D eigenvalue weighted by atomic mass is 10.3. The monoisotopic (exact) mass is 387 g/mol. The molecule has 0 saturated carbocycles. The van der Waals surface area contributed by atoms with E-state index in [0.717, 1.165) is 17.4 Å². The molecule has 1 amide bonds. The number of rotatable bonds is 2. The van der Waals surface area contributed by atoms with Crippen LogP contribution in [-0.4, -0.2) is 33.7 Å². The third-order valence-corrected chi connectivity index (χ3v) is 4.01. The second-order valence-electron chi connectivity index (χ2n) is 4.44. The lowest BCUT2D eigenvalue weighted by Gasteiger charge is -2.15. The van der Waals surface area contributed by atoms with Crippen LogP contribution in [0.4, 0.5) is 0 Å². The molecular weight excluding hydrogens is 378 g/mol. The summed E-state index contributed by atoms with van der Waals surface area (Å²) in [5.41, 5.74) is 0. The van der Waals surface area contributed by atoms with Crippen molar-refractivity contribution in [3.05, 3.63) is 39.4 Å². The molecule has 0 aromatic carbocycles. The van der Waals surface area contributed by atoms with E-state index >= 15 is 0 Å². The molecule has 7 heteroatoms. The van der Waals surface area contributed by atoms with Gasteiger partial charge in [0.15, 0.2) is 10.4 Å². The molecule has 1 fully saturated rings. The number of halogens is 2. The summed E-state index contributed by atoms with van der Waals surface area (Å²) in [7, 11) is 0. The first-order valence-electron chi connectivity index (χ1n) is 5.88. The summed E-state index contributed by atoms with van der Waals surface area (Å²) in [5, 5.41) is 4.27. The molecule has 5 nitrogen and oxygen atoms in total. The van der Waals surface area contributed by atoms with Crippen molar-refractivity contribution in [1.29, 1.82) is 0 Å². The summed E-state index contributed by atoms with van der Waals surface area (Å²) in [6, 6.07) is 3.64. The molecule has 0 spiro atoms. The van der Waals surface area contributed by atoms with Crippen molar-refractivity contribution in [1.82, 2.24) is 14.7 Å². The van der Waals surface area contributed by atoms with Crippen molar-refractivity contribution < 1.29 is 9.21 Å². The van der Waals surface area contributed by atoms with E-state index in [-0.39, 0.29) is 11.9 Å². The Kier molecular flexibility index (Phi) is 3.49. The zero-order valence-corrected chi connectivity index (χ0v) is 13.1. The molecule has 0 N–H and O–H groups in total. The highest BCUT2D eigenvalue weighted by atomic mass is 79.9. The van der Waals surface area contributed by atoms with Crippen molar-refractivity contribution in [3.8, 4) is 0 Å². The Morgan fingerprint density at radius 2 is 2.26 bits per heavy atom. The molecule has 2 aromatic rings. The largest absolute Gasteiger partial charge is 0.444 e. The Morgan fingerprint density at radius 3 is 2.89 bits per heavy atom. The highest BCUT2D eigenvalue weighted by Gasteiger charge is 2.29. The van der Waals surface area contributed by atoms with E-state index in [1.54, 1.807) is 23.2 Å². The Balaban J connectivity index is 1.70. The molecule has 19 heavy (non-hydrogen) atoms. The first-order valence-corrected chi connectivity index (χ1v) is 7.46. The fourth-order valence-corrected chi connectivity index (χ4v) is 2.85. The van der Waals surface area contributed by atoms with E-state index < -0.39 is 0 Å². The summed E-state index contributed by atoms with van der Waals surface area (Å²) in [4.78, 5) is 14.0. The Hall–Kier alpha value is -1.08. The Bertz CT molecular complexity index is 608. The van der Waals surface area contributed by atoms with Gasteiger partial charge in [0, 0.05) is 19.3 Å². The molecular formula is C12H11Br2N3O2. The lowest BCUT2D eigenvalue weighted by molar-refractivity contribution is 0.0754. The molecule has 1 unspecified atom stereocenters. The van der Waals surface area contributed by atoms with Gasteiger partial charge in [-0.15, -0.1) is 0 Å². The second-order valence-corrected chi connectivity index (χ2v) is 6.13. The molecule has 100 valence electrons. The molecule has 0 radical (unpaired) electrons. The zero-order valence-electron chi connectivity index (χ0n) is 9.92. The number of likely N-dealkylation sites (tertiary alicyclic amines) is 1. The summed E-state index contributed by atoms with van der Waals surface area (Å²) in [6.07, 6.45) is 4.60. The van der Waals surface area contributed by atoms with Crippen LogP contribution in [0.2, 0.25) is 0 Å². The molecule has 3 heterocycles. The maximum Gasteiger partial charge on any atom is 0.289 e. The maximum atomic E-state index is 12.2. The number of hydrogen-bond donors (Lipinski definition) is 0. The number of carbonyl (C=O) groups excluding carboxylic acids is 1. The topological polar surface area (TPSA) is 51.3 Å². The van der Waals surface area contributed by atoms with E-state index in [9.17, 15) is 4.79 Å². The minimum absolute atomic E-state index is 0.0700. The van der Waals surface area contributed by atoms with E-state index in [4.69, 9.17) is 4.42 Å². The fourth-order valence-electron chi connectivity index (χ4n) is 2.24. The normalized spacial score (nSPS) is 19.1. The van der Waals surface area contributed by atoms with Gasteiger partial charge < -0.3 is 9.32 Å². The van der Waals surface area contributed by atoms with E-state index in [2.05, 4.69) is 37.0 Å². The Morgan fingerprint density at radius 1 is 1.42 bits per heavy atom. The van der Waals surface area contributed by atoms with Crippen LogP contribution in [0.1, 0.15) is 23.0 Å². The molecule has 1 aliphatic heterocycles. The van der Waals surface area contributed by atoms with Gasteiger partial charge in [-0.05, 0) is 50.4 Å². The van der Waals surface area contributed by atoms with Crippen molar-refractivity contribution in [2.24, 2.45) is 0 Å². The fraction of sp³-hybridized carbons (Fsp3) is 0.333. The maximum absolute atomic E-state index is 12.2. The van der Waals surface area contributed by atoms with Gasteiger partial charge in [0.05, 0.1) is 16.7 Å². The third kappa shape index (κ3) is 2.62. The smallest absolute Gasteiger partial charge is 0.289 e. The van der Waals surface area contributed by atoms with Gasteiger partial charge in [-0.1, -0.05) is 0 Å². The van der Waals surface area contributed by atoms with Crippen LogP contribution < -0.4 is 0 Å². The second kappa shape index (κ2) is 5.13. The molecule has 1 atom stereocenters. The molecule has 0 aliphatic carbocycles. The lowest BCUT2D eigenvalue weighted by Crippen LogP contribution is -2.28. The number of aromatic nitrogens is 2. The summed E-state index contributed by atoms with van der Waals surface area (Å²) in [5.74, 6) is 0.300. The van der Waals surface area contributed by atoms with Crippen LogP contribution in [0.25, 0.3) is 0 Å². The van der Waals surface area contributed by atoms with Crippen molar-refractivity contribution in [2.75, 3.05) is 13.1 Å². The average Bonchev–Trinajstić information content (AvgIpc) is 3.07. The minimum Gasteiger partial charge on any atom is -0.444 e. The van der Waals surface area contributed by atoms with E-state index in [1.165, 1.54) is 0 Å². The van der Waals surface area contributed by atoms with Gasteiger partial charge >= 0.3 is 0 Å². The predicted molar refractivity (Wildman–Crippen MR) is 75.9 cm³/mol. The highest BCUT2D eigenvalue weighted by molar-refractivity contribution is 9.10. The van der Waals surface area contributed by atoms with Crippen LogP contribution >= 0.6 is 31.9 Å². The predicted octanol–water partition coefficient (Wildman–Crippen LogP) is 3.09. The molecule has 2 aromatic heterocycles. The molecule has 3 rings (SSSR count). The number of hydrogen-bond acceptors (Lipinski definition) is 3. The minimum atomic E-state index is -0.0700.